The minimum Gasteiger partial charge on any atom is -0.356 e. The molecule has 4 nitrogen and oxygen atoms in total. The van der Waals surface area contributed by atoms with Gasteiger partial charge in [0.05, 0.1) is 23.3 Å². The Morgan fingerprint density at radius 1 is 1.15 bits per heavy atom. The highest BCUT2D eigenvalue weighted by Gasteiger charge is 2.56. The van der Waals surface area contributed by atoms with Crippen LogP contribution in [0.15, 0.2) is 48.7 Å². The fourth-order valence-corrected chi connectivity index (χ4v) is 6.46. The molecule has 0 saturated carbocycles. The lowest BCUT2D eigenvalue weighted by Crippen LogP contribution is -2.47. The van der Waals surface area contributed by atoms with Gasteiger partial charge in [-0.15, -0.1) is 0 Å². The molecule has 2 atom stereocenters. The summed E-state index contributed by atoms with van der Waals surface area (Å²) in [6.45, 7) is 0.651. The topological polar surface area (TPSA) is 44.7 Å². The lowest BCUT2D eigenvalue weighted by Gasteiger charge is -2.44. The Hall–Kier alpha value is -1.18. The smallest absolute Gasteiger partial charge is 0.220 e. The number of nitrogens with zero attached hydrogens (tertiary/aromatic N) is 2. The first-order valence-electron chi connectivity index (χ1n) is 8.40. The van der Waals surface area contributed by atoms with Gasteiger partial charge in [0.25, 0.3) is 0 Å². The minimum atomic E-state index is -0.314. The Bertz CT molecular complexity index is 990. The van der Waals surface area contributed by atoms with Gasteiger partial charge in [0.2, 0.25) is 5.91 Å². The van der Waals surface area contributed by atoms with E-state index >= 15 is 0 Å². The number of amides is 1. The van der Waals surface area contributed by atoms with Gasteiger partial charge in [-0.1, -0.05) is 31.9 Å². The monoisotopic (exact) mass is 537 g/mol. The lowest BCUT2D eigenvalue weighted by molar-refractivity contribution is -0.121. The number of rotatable bonds is 0. The molecule has 3 heterocycles. The van der Waals surface area contributed by atoms with Crippen molar-refractivity contribution >= 4 is 71.4 Å². The van der Waals surface area contributed by atoms with E-state index < -0.39 is 0 Å². The van der Waals surface area contributed by atoms with Gasteiger partial charge < -0.3 is 10.2 Å². The number of hydrogen-bond acceptors (Lipinski definition) is 3. The highest BCUT2D eigenvalue weighted by molar-refractivity contribution is 9.11. The molecule has 5 rings (SSSR count). The zero-order valence-electron chi connectivity index (χ0n) is 13.6. The first kappa shape index (κ1) is 17.0. The van der Waals surface area contributed by atoms with Gasteiger partial charge >= 0.3 is 0 Å². The van der Waals surface area contributed by atoms with Crippen molar-refractivity contribution in [3.63, 3.8) is 0 Å². The molecule has 26 heavy (non-hydrogen) atoms. The van der Waals surface area contributed by atoms with Crippen molar-refractivity contribution in [1.82, 2.24) is 5.32 Å². The molecule has 0 aromatic heterocycles. The lowest BCUT2D eigenvalue weighted by atomic mass is 9.72. The predicted octanol–water partition coefficient (Wildman–Crippen LogP) is 5.36. The van der Waals surface area contributed by atoms with Crippen LogP contribution in [0.1, 0.15) is 29.9 Å². The van der Waals surface area contributed by atoms with Crippen LogP contribution in [0.4, 0.5) is 11.4 Å². The molecule has 0 unspecified atom stereocenters. The number of aliphatic imine (C=N–C) groups is 1. The molecule has 2 aromatic carbocycles. The molecule has 1 saturated heterocycles. The fraction of sp³-hybridized carbons (Fsp3) is 0.263. The number of carbonyl (C=O) groups is 1. The molecule has 3 aliphatic rings. The fourth-order valence-electron chi connectivity index (χ4n) is 4.65. The van der Waals surface area contributed by atoms with Gasteiger partial charge in [-0.2, -0.15) is 0 Å². The average molecular weight is 540 g/mol. The minimum absolute atomic E-state index is 0.0635. The number of nitrogens with one attached hydrogen (secondary N) is 1. The molecular weight excluding hydrogens is 526 g/mol. The van der Waals surface area contributed by atoms with E-state index in [4.69, 9.17) is 4.99 Å². The van der Waals surface area contributed by atoms with Gasteiger partial charge in [-0.3, -0.25) is 4.79 Å². The molecular formula is C19H14Br3N3O. The second kappa shape index (κ2) is 5.91. The number of carbonyl (C=O) groups excluding carboxylic acids is 1. The van der Waals surface area contributed by atoms with Crippen molar-refractivity contribution < 1.29 is 4.79 Å². The van der Waals surface area contributed by atoms with Crippen molar-refractivity contribution in [3.8, 4) is 0 Å². The molecule has 7 heteroatoms. The highest BCUT2D eigenvalue weighted by Crippen LogP contribution is 2.61. The third-order valence-corrected chi connectivity index (χ3v) is 7.19. The number of anilines is 1. The normalized spacial score (nSPS) is 25.7. The third kappa shape index (κ3) is 2.23. The summed E-state index contributed by atoms with van der Waals surface area (Å²) in [6.07, 6.45) is 3.23. The SMILES string of the molecule is O=C1C[C@H]2c3cc(Br)cc(Br)c3N3C=Nc4ccc(Br)cc4[C@]23CCN1. The number of benzene rings is 2. The van der Waals surface area contributed by atoms with Gasteiger partial charge in [0.15, 0.2) is 0 Å². The molecule has 1 amide bonds. The Morgan fingerprint density at radius 3 is 2.85 bits per heavy atom. The summed E-state index contributed by atoms with van der Waals surface area (Å²) in [4.78, 5) is 19.5. The second-order valence-corrected chi connectivity index (χ2v) is 9.57. The molecule has 1 fully saturated rings. The van der Waals surface area contributed by atoms with Crippen molar-refractivity contribution in [3.05, 3.63) is 54.9 Å². The van der Waals surface area contributed by atoms with Gasteiger partial charge in [0, 0.05) is 37.9 Å². The molecule has 0 aliphatic carbocycles. The summed E-state index contributed by atoms with van der Waals surface area (Å²) in [6, 6.07) is 10.4. The summed E-state index contributed by atoms with van der Waals surface area (Å²) in [7, 11) is 0. The molecule has 1 N–H and O–H groups in total. The van der Waals surface area contributed by atoms with E-state index in [-0.39, 0.29) is 17.4 Å². The Morgan fingerprint density at radius 2 is 2.00 bits per heavy atom. The highest BCUT2D eigenvalue weighted by atomic mass is 79.9. The Labute approximate surface area is 176 Å². The van der Waals surface area contributed by atoms with Crippen LogP contribution in [0.3, 0.4) is 0 Å². The average Bonchev–Trinajstić information content (AvgIpc) is 2.74. The van der Waals surface area contributed by atoms with Crippen LogP contribution >= 0.6 is 47.8 Å². The van der Waals surface area contributed by atoms with E-state index in [1.165, 1.54) is 11.1 Å². The van der Waals surface area contributed by atoms with Crippen LogP contribution in [-0.2, 0) is 10.3 Å². The van der Waals surface area contributed by atoms with Gasteiger partial charge in [0.1, 0.15) is 0 Å². The maximum Gasteiger partial charge on any atom is 0.220 e. The summed E-state index contributed by atoms with van der Waals surface area (Å²) < 4.78 is 3.05. The van der Waals surface area contributed by atoms with Gasteiger partial charge in [-0.25, -0.2) is 4.99 Å². The van der Waals surface area contributed by atoms with E-state index in [2.05, 4.69) is 76.2 Å². The molecule has 0 radical (unpaired) electrons. The van der Waals surface area contributed by atoms with Crippen molar-refractivity contribution in [2.75, 3.05) is 11.4 Å². The van der Waals surface area contributed by atoms with E-state index in [0.717, 1.165) is 31.2 Å². The van der Waals surface area contributed by atoms with Crippen LogP contribution in [-0.4, -0.2) is 18.8 Å². The van der Waals surface area contributed by atoms with E-state index in [1.807, 2.05) is 18.5 Å². The second-order valence-electron chi connectivity index (χ2n) is 6.88. The van der Waals surface area contributed by atoms with Crippen LogP contribution in [0.2, 0.25) is 0 Å². The predicted molar refractivity (Wildman–Crippen MR) is 113 cm³/mol. The zero-order chi connectivity index (χ0) is 18.1. The first-order chi connectivity index (χ1) is 12.5. The van der Waals surface area contributed by atoms with E-state index in [1.54, 1.807) is 0 Å². The molecule has 0 bridgehead atoms. The molecule has 132 valence electrons. The quantitative estimate of drug-likeness (QED) is 0.490. The molecule has 3 aliphatic heterocycles. The number of hydrogen-bond donors (Lipinski definition) is 1. The van der Waals surface area contributed by atoms with Crippen LogP contribution in [0.5, 0.6) is 0 Å². The summed E-state index contributed by atoms with van der Waals surface area (Å²) in [5.41, 5.74) is 4.14. The number of halogens is 3. The van der Waals surface area contributed by atoms with Crippen molar-refractivity contribution in [1.29, 1.82) is 0 Å². The van der Waals surface area contributed by atoms with Crippen molar-refractivity contribution in [2.45, 2.75) is 24.3 Å². The molecule has 2 aromatic rings. The summed E-state index contributed by atoms with van der Waals surface area (Å²) >= 11 is 11.0. The Kier molecular flexibility index (Phi) is 3.85. The number of fused-ring (bicyclic) bond motifs is 4. The van der Waals surface area contributed by atoms with Crippen LogP contribution in [0.25, 0.3) is 0 Å². The van der Waals surface area contributed by atoms with Crippen molar-refractivity contribution in [2.24, 2.45) is 4.99 Å². The van der Waals surface area contributed by atoms with Gasteiger partial charge in [-0.05, 0) is 58.2 Å². The van der Waals surface area contributed by atoms with Crippen LogP contribution in [0, 0.1) is 0 Å². The van der Waals surface area contributed by atoms with E-state index in [9.17, 15) is 4.79 Å². The summed E-state index contributed by atoms with van der Waals surface area (Å²) in [5, 5.41) is 3.06. The standard InChI is InChI=1S/C19H14Br3N3O/c20-10-1-2-16-14(6-10)19-3-4-23-17(26)8-13(19)12-5-11(21)7-15(22)18(12)25(19)9-24-16/h1-2,5-7,9,13H,3-4,8H2,(H,23,26)/t13-,19-/m0/s1. The Balaban J connectivity index is 1.85. The first-order valence-corrected chi connectivity index (χ1v) is 10.8. The summed E-state index contributed by atoms with van der Waals surface area (Å²) in [5.74, 6) is 0.170. The third-order valence-electron chi connectivity index (χ3n) is 5.64. The maximum absolute atomic E-state index is 12.5. The molecule has 1 spiro atoms. The maximum atomic E-state index is 12.5. The van der Waals surface area contributed by atoms with Crippen LogP contribution < -0.4 is 10.2 Å². The zero-order valence-corrected chi connectivity index (χ0v) is 18.4. The van der Waals surface area contributed by atoms with E-state index in [0.29, 0.717) is 13.0 Å². The largest absolute Gasteiger partial charge is 0.356 e.